The van der Waals surface area contributed by atoms with Crippen LogP contribution in [0.4, 0.5) is 5.13 Å². The maximum Gasteiger partial charge on any atom is 0.257 e. The van der Waals surface area contributed by atoms with Crippen molar-refractivity contribution in [2.75, 3.05) is 18.1 Å². The fraction of sp³-hybridized carbons (Fsp3) is 0.500. The highest BCUT2D eigenvalue weighted by molar-refractivity contribution is 7.15. The largest absolute Gasteiger partial charge is 0.368 e. The van der Waals surface area contributed by atoms with Gasteiger partial charge in [-0.2, -0.15) is 0 Å². The molecule has 9 heteroatoms. The molecule has 1 atom stereocenters. The summed E-state index contributed by atoms with van der Waals surface area (Å²) in [6.07, 6.45) is 1.33. The van der Waals surface area contributed by atoms with Gasteiger partial charge in [-0.15, -0.1) is 15.3 Å². The predicted octanol–water partition coefficient (Wildman–Crippen LogP) is 2.50. The number of hydrogen-bond donors (Lipinski definition) is 0. The zero-order valence-corrected chi connectivity index (χ0v) is 16.2. The highest BCUT2D eigenvalue weighted by atomic mass is 32.1. The number of nitrogens with zero attached hydrogens (tertiary/aromatic N) is 6. The maximum atomic E-state index is 12.9. The molecule has 1 aliphatic heterocycles. The number of anilines is 1. The lowest BCUT2D eigenvalue weighted by molar-refractivity contribution is -0.127. The van der Waals surface area contributed by atoms with Crippen molar-refractivity contribution >= 4 is 33.4 Å². The van der Waals surface area contributed by atoms with Gasteiger partial charge in [0.05, 0.1) is 12.1 Å². The van der Waals surface area contributed by atoms with E-state index in [1.165, 1.54) is 11.3 Å². The van der Waals surface area contributed by atoms with E-state index in [0.29, 0.717) is 30.7 Å². The monoisotopic (exact) mass is 386 g/mol. The van der Waals surface area contributed by atoms with Gasteiger partial charge in [0.25, 0.3) is 5.91 Å². The van der Waals surface area contributed by atoms with Crippen LogP contribution in [-0.4, -0.2) is 50.4 Å². The first-order valence-electron chi connectivity index (χ1n) is 9.15. The molecule has 1 aromatic carbocycles. The number of aromatic nitrogens is 5. The summed E-state index contributed by atoms with van der Waals surface area (Å²) in [5.41, 5.74) is 1.79. The lowest BCUT2D eigenvalue weighted by atomic mass is 10.1. The summed E-state index contributed by atoms with van der Waals surface area (Å²) in [6.45, 7) is 5.88. The first-order valence-corrected chi connectivity index (χ1v) is 9.97. The summed E-state index contributed by atoms with van der Waals surface area (Å²) < 4.78 is 7.38. The van der Waals surface area contributed by atoms with Crippen molar-refractivity contribution in [1.82, 2.24) is 25.2 Å². The molecule has 0 N–H and O–H groups in total. The number of para-hydroxylation sites is 1. The highest BCUT2D eigenvalue weighted by Gasteiger charge is 2.31. The van der Waals surface area contributed by atoms with Crippen LogP contribution in [0.5, 0.6) is 0 Å². The Balaban J connectivity index is 1.55. The second kappa shape index (κ2) is 7.69. The number of amides is 1. The first-order chi connectivity index (χ1) is 13.1. The van der Waals surface area contributed by atoms with E-state index in [-0.39, 0.29) is 12.0 Å². The van der Waals surface area contributed by atoms with Gasteiger partial charge in [-0.25, -0.2) is 4.68 Å². The molecule has 1 unspecified atom stereocenters. The van der Waals surface area contributed by atoms with E-state index in [1.807, 2.05) is 24.3 Å². The van der Waals surface area contributed by atoms with Gasteiger partial charge in [0.1, 0.15) is 16.6 Å². The molecule has 0 saturated carbocycles. The third kappa shape index (κ3) is 3.84. The van der Waals surface area contributed by atoms with Crippen LogP contribution in [0.3, 0.4) is 0 Å². The molecule has 27 heavy (non-hydrogen) atoms. The number of ether oxygens (including phenoxy) is 1. The maximum absolute atomic E-state index is 12.9. The van der Waals surface area contributed by atoms with Gasteiger partial charge in [-0.3, -0.25) is 9.69 Å². The SMILES string of the molecule is CC(C)CN(C(=O)C1CCCO1)c1nnc(Cn2nnc3ccccc32)s1. The van der Waals surface area contributed by atoms with Crippen molar-refractivity contribution in [2.45, 2.75) is 39.3 Å². The quantitative estimate of drug-likeness (QED) is 0.647. The Hall–Kier alpha value is -2.39. The summed E-state index contributed by atoms with van der Waals surface area (Å²) >= 11 is 1.42. The molecule has 1 fully saturated rings. The number of benzene rings is 1. The minimum atomic E-state index is -0.365. The number of carbonyl (C=O) groups excluding carboxylic acids is 1. The van der Waals surface area contributed by atoms with Crippen LogP contribution in [0.1, 0.15) is 31.7 Å². The van der Waals surface area contributed by atoms with Gasteiger partial charge in [0.15, 0.2) is 0 Å². The standard InChI is InChI=1S/C18H22N6O2S/c1-12(2)10-23(17(25)15-8-5-9-26-15)18-21-20-16(27-18)11-24-14-7-4-3-6-13(14)19-22-24/h3-4,6-7,12,15H,5,8-11H2,1-2H3. The van der Waals surface area contributed by atoms with Crippen LogP contribution in [0.15, 0.2) is 24.3 Å². The fourth-order valence-corrected chi connectivity index (χ4v) is 3.99. The molecule has 1 amide bonds. The zero-order valence-electron chi connectivity index (χ0n) is 15.4. The minimum absolute atomic E-state index is 0.0184. The zero-order chi connectivity index (χ0) is 18.8. The predicted molar refractivity (Wildman–Crippen MR) is 103 cm³/mol. The van der Waals surface area contributed by atoms with Gasteiger partial charge < -0.3 is 4.74 Å². The molecule has 2 aromatic heterocycles. The van der Waals surface area contributed by atoms with Crippen molar-refractivity contribution in [3.63, 3.8) is 0 Å². The molecule has 0 radical (unpaired) electrons. The Bertz CT molecular complexity index is 931. The molecule has 8 nitrogen and oxygen atoms in total. The van der Waals surface area contributed by atoms with Crippen LogP contribution in [0, 0.1) is 5.92 Å². The normalized spacial score (nSPS) is 17.1. The summed E-state index contributed by atoms with van der Waals surface area (Å²) in [5.74, 6) is 0.303. The van der Waals surface area contributed by atoms with Crippen molar-refractivity contribution < 1.29 is 9.53 Å². The van der Waals surface area contributed by atoms with E-state index in [2.05, 4.69) is 34.4 Å². The van der Waals surface area contributed by atoms with E-state index in [4.69, 9.17) is 4.74 Å². The van der Waals surface area contributed by atoms with E-state index >= 15 is 0 Å². The third-order valence-corrected chi connectivity index (χ3v) is 5.34. The van der Waals surface area contributed by atoms with Crippen molar-refractivity contribution in [3.05, 3.63) is 29.3 Å². The van der Waals surface area contributed by atoms with E-state index in [0.717, 1.165) is 28.9 Å². The van der Waals surface area contributed by atoms with Crippen molar-refractivity contribution in [1.29, 1.82) is 0 Å². The number of fused-ring (bicyclic) bond motifs is 1. The second-order valence-electron chi connectivity index (χ2n) is 7.06. The number of rotatable bonds is 6. The summed E-state index contributed by atoms with van der Waals surface area (Å²) in [5, 5.41) is 18.3. The minimum Gasteiger partial charge on any atom is -0.368 e. The molecule has 0 aliphatic carbocycles. The molecule has 142 valence electrons. The molecule has 4 rings (SSSR count). The Labute approximate surface area is 161 Å². The lowest BCUT2D eigenvalue weighted by Gasteiger charge is -2.24. The highest BCUT2D eigenvalue weighted by Crippen LogP contribution is 2.26. The Morgan fingerprint density at radius 2 is 2.19 bits per heavy atom. The topological polar surface area (TPSA) is 86.0 Å². The van der Waals surface area contributed by atoms with Crippen LogP contribution in [0.25, 0.3) is 11.0 Å². The Morgan fingerprint density at radius 1 is 1.33 bits per heavy atom. The van der Waals surface area contributed by atoms with Crippen molar-refractivity contribution in [2.24, 2.45) is 5.92 Å². The van der Waals surface area contributed by atoms with Gasteiger partial charge in [0, 0.05) is 13.2 Å². The smallest absolute Gasteiger partial charge is 0.257 e. The van der Waals surface area contributed by atoms with Crippen LogP contribution in [0.2, 0.25) is 0 Å². The Kier molecular flexibility index (Phi) is 5.13. The van der Waals surface area contributed by atoms with E-state index < -0.39 is 0 Å². The molecule has 3 aromatic rings. The van der Waals surface area contributed by atoms with E-state index in [9.17, 15) is 4.79 Å². The van der Waals surface area contributed by atoms with Gasteiger partial charge >= 0.3 is 0 Å². The molecular formula is C18H22N6O2S. The summed E-state index contributed by atoms with van der Waals surface area (Å²) in [6, 6.07) is 7.79. The molecule has 3 heterocycles. The van der Waals surface area contributed by atoms with Crippen LogP contribution < -0.4 is 4.90 Å². The van der Waals surface area contributed by atoms with Crippen LogP contribution in [-0.2, 0) is 16.1 Å². The number of carbonyl (C=O) groups is 1. The molecule has 1 aliphatic rings. The molecule has 0 bridgehead atoms. The Morgan fingerprint density at radius 3 is 2.96 bits per heavy atom. The molecular weight excluding hydrogens is 364 g/mol. The lowest BCUT2D eigenvalue weighted by Crippen LogP contribution is -2.41. The van der Waals surface area contributed by atoms with Crippen molar-refractivity contribution in [3.8, 4) is 0 Å². The second-order valence-corrected chi connectivity index (χ2v) is 8.10. The van der Waals surface area contributed by atoms with Gasteiger partial charge in [-0.1, -0.05) is 42.5 Å². The fourth-order valence-electron chi connectivity index (χ4n) is 3.15. The number of hydrogen-bond acceptors (Lipinski definition) is 7. The third-order valence-electron chi connectivity index (χ3n) is 4.41. The average molecular weight is 386 g/mol. The first kappa shape index (κ1) is 18.0. The van der Waals surface area contributed by atoms with Gasteiger partial charge in [0.2, 0.25) is 5.13 Å². The van der Waals surface area contributed by atoms with Gasteiger partial charge in [-0.05, 0) is 30.9 Å². The van der Waals surface area contributed by atoms with E-state index in [1.54, 1.807) is 9.58 Å². The average Bonchev–Trinajstić information content (AvgIpc) is 3.41. The molecule has 0 spiro atoms. The molecule has 1 saturated heterocycles. The van der Waals surface area contributed by atoms with Crippen LogP contribution >= 0.6 is 11.3 Å². The summed E-state index contributed by atoms with van der Waals surface area (Å²) in [4.78, 5) is 14.6. The summed E-state index contributed by atoms with van der Waals surface area (Å²) in [7, 11) is 0.